The van der Waals surface area contributed by atoms with Crippen LogP contribution in [0.25, 0.3) is 5.69 Å². The minimum absolute atomic E-state index is 0.113. The van der Waals surface area contributed by atoms with Crippen molar-refractivity contribution in [1.29, 1.82) is 0 Å². The van der Waals surface area contributed by atoms with Gasteiger partial charge in [-0.05, 0) is 37.8 Å². The molecule has 3 rings (SSSR count). The Balaban J connectivity index is 1.77. The van der Waals surface area contributed by atoms with E-state index in [-0.39, 0.29) is 11.9 Å². The summed E-state index contributed by atoms with van der Waals surface area (Å²) in [5.41, 5.74) is 1.93. The van der Waals surface area contributed by atoms with Crippen LogP contribution in [0.4, 0.5) is 0 Å². The number of nitrogens with zero attached hydrogens (tertiary/aromatic N) is 3. The highest BCUT2D eigenvalue weighted by Gasteiger charge is 2.25. The molecule has 2 atom stereocenters. The number of para-hydroxylation sites is 1. The van der Waals surface area contributed by atoms with Crippen molar-refractivity contribution in [3.05, 3.63) is 41.7 Å². The average Bonchev–Trinajstić information content (AvgIpc) is 2.92. The van der Waals surface area contributed by atoms with Gasteiger partial charge in [0, 0.05) is 6.04 Å². The zero-order valence-electron chi connectivity index (χ0n) is 13.1. The van der Waals surface area contributed by atoms with Crippen LogP contribution in [0.1, 0.15) is 48.8 Å². The van der Waals surface area contributed by atoms with Gasteiger partial charge in [0.25, 0.3) is 5.91 Å². The molecule has 0 saturated heterocycles. The average molecular weight is 298 g/mol. The highest BCUT2D eigenvalue weighted by atomic mass is 16.2. The predicted octanol–water partition coefficient (Wildman–Crippen LogP) is 2.88. The maximum Gasteiger partial charge on any atom is 0.273 e. The van der Waals surface area contributed by atoms with Crippen LogP contribution >= 0.6 is 0 Å². The van der Waals surface area contributed by atoms with Gasteiger partial charge in [0.2, 0.25) is 0 Å². The molecule has 1 aromatic heterocycles. The Morgan fingerprint density at radius 3 is 2.64 bits per heavy atom. The maximum atomic E-state index is 12.5. The molecule has 1 fully saturated rings. The van der Waals surface area contributed by atoms with Crippen LogP contribution in [-0.4, -0.2) is 26.9 Å². The zero-order chi connectivity index (χ0) is 15.5. The smallest absolute Gasteiger partial charge is 0.273 e. The van der Waals surface area contributed by atoms with Crippen molar-refractivity contribution >= 4 is 5.91 Å². The second-order valence-electron chi connectivity index (χ2n) is 6.10. The SMILES string of the molecule is Cc1nn(-c2ccccc2)nc1C(=O)NC1CCCCC1C. The number of amides is 1. The second-order valence-corrected chi connectivity index (χ2v) is 6.10. The summed E-state index contributed by atoms with van der Waals surface area (Å²) in [7, 11) is 0. The first-order valence-corrected chi connectivity index (χ1v) is 7.95. The molecule has 1 aromatic carbocycles. The zero-order valence-corrected chi connectivity index (χ0v) is 13.1. The summed E-state index contributed by atoms with van der Waals surface area (Å²) in [6, 6.07) is 9.89. The molecular weight excluding hydrogens is 276 g/mol. The maximum absolute atomic E-state index is 12.5. The van der Waals surface area contributed by atoms with Gasteiger partial charge in [-0.1, -0.05) is 38.0 Å². The Morgan fingerprint density at radius 2 is 1.91 bits per heavy atom. The molecule has 2 unspecified atom stereocenters. The number of nitrogens with one attached hydrogen (secondary N) is 1. The van der Waals surface area contributed by atoms with Crippen LogP contribution in [0.3, 0.4) is 0 Å². The monoisotopic (exact) mass is 298 g/mol. The van der Waals surface area contributed by atoms with Crippen molar-refractivity contribution in [2.45, 2.75) is 45.6 Å². The molecule has 1 N–H and O–H groups in total. The normalized spacial score (nSPS) is 21.5. The predicted molar refractivity (Wildman–Crippen MR) is 85.0 cm³/mol. The largest absolute Gasteiger partial charge is 0.348 e. The lowest BCUT2D eigenvalue weighted by Crippen LogP contribution is -2.41. The number of hydrogen-bond acceptors (Lipinski definition) is 3. The highest BCUT2D eigenvalue weighted by molar-refractivity contribution is 5.93. The summed E-state index contributed by atoms with van der Waals surface area (Å²) in [4.78, 5) is 14.0. The lowest BCUT2D eigenvalue weighted by atomic mass is 9.86. The number of carbonyl (C=O) groups is 1. The summed E-state index contributed by atoms with van der Waals surface area (Å²) in [5, 5.41) is 11.9. The number of aryl methyl sites for hydroxylation is 1. The highest BCUT2D eigenvalue weighted by Crippen LogP contribution is 2.24. The molecule has 1 saturated carbocycles. The molecule has 2 aromatic rings. The lowest BCUT2D eigenvalue weighted by Gasteiger charge is -2.29. The summed E-state index contributed by atoms with van der Waals surface area (Å²) in [6.45, 7) is 4.03. The van der Waals surface area contributed by atoms with Crippen LogP contribution in [0.15, 0.2) is 30.3 Å². The molecule has 22 heavy (non-hydrogen) atoms. The van der Waals surface area contributed by atoms with E-state index in [2.05, 4.69) is 22.4 Å². The van der Waals surface area contributed by atoms with Gasteiger partial charge >= 0.3 is 0 Å². The van der Waals surface area contributed by atoms with Gasteiger partial charge < -0.3 is 5.32 Å². The number of rotatable bonds is 3. The summed E-state index contributed by atoms with van der Waals surface area (Å²) in [5.74, 6) is 0.417. The van der Waals surface area contributed by atoms with E-state index < -0.39 is 0 Å². The first-order valence-electron chi connectivity index (χ1n) is 7.95. The number of aromatic nitrogens is 3. The minimum Gasteiger partial charge on any atom is -0.348 e. The van der Waals surface area contributed by atoms with Gasteiger partial charge in [0.05, 0.1) is 11.4 Å². The van der Waals surface area contributed by atoms with Gasteiger partial charge in [-0.2, -0.15) is 9.90 Å². The van der Waals surface area contributed by atoms with Crippen LogP contribution < -0.4 is 5.32 Å². The molecule has 5 heteroatoms. The topological polar surface area (TPSA) is 59.8 Å². The Labute approximate surface area is 130 Å². The Hall–Kier alpha value is -2.17. The molecule has 1 amide bonds. The second kappa shape index (κ2) is 6.30. The van der Waals surface area contributed by atoms with Gasteiger partial charge in [0.1, 0.15) is 0 Å². The first kappa shape index (κ1) is 14.8. The van der Waals surface area contributed by atoms with E-state index in [1.54, 1.807) is 0 Å². The van der Waals surface area contributed by atoms with Crippen molar-refractivity contribution < 1.29 is 4.79 Å². The van der Waals surface area contributed by atoms with E-state index in [1.165, 1.54) is 24.1 Å². The van der Waals surface area contributed by atoms with Gasteiger partial charge in [-0.3, -0.25) is 4.79 Å². The summed E-state index contributed by atoms with van der Waals surface area (Å²) in [6.07, 6.45) is 4.68. The summed E-state index contributed by atoms with van der Waals surface area (Å²) >= 11 is 0. The van der Waals surface area contributed by atoms with E-state index in [9.17, 15) is 4.79 Å². The van der Waals surface area contributed by atoms with E-state index in [1.807, 2.05) is 37.3 Å². The molecule has 1 aliphatic carbocycles. The van der Waals surface area contributed by atoms with Crippen LogP contribution in [0.2, 0.25) is 0 Å². The molecule has 1 heterocycles. The van der Waals surface area contributed by atoms with Crippen LogP contribution in [0, 0.1) is 12.8 Å². The van der Waals surface area contributed by atoms with E-state index in [0.29, 0.717) is 17.3 Å². The third kappa shape index (κ3) is 3.03. The van der Waals surface area contributed by atoms with Crippen molar-refractivity contribution in [2.24, 2.45) is 5.92 Å². The molecule has 0 bridgehead atoms. The third-order valence-corrected chi connectivity index (χ3v) is 4.41. The van der Waals surface area contributed by atoms with Crippen molar-refractivity contribution in [1.82, 2.24) is 20.3 Å². The van der Waals surface area contributed by atoms with E-state index in [4.69, 9.17) is 0 Å². The van der Waals surface area contributed by atoms with Crippen molar-refractivity contribution in [2.75, 3.05) is 0 Å². The Bertz CT molecular complexity index is 650. The van der Waals surface area contributed by atoms with Crippen LogP contribution in [-0.2, 0) is 0 Å². The van der Waals surface area contributed by atoms with Crippen molar-refractivity contribution in [3.8, 4) is 5.69 Å². The molecule has 116 valence electrons. The van der Waals surface area contributed by atoms with Gasteiger partial charge in [-0.15, -0.1) is 5.10 Å². The minimum atomic E-state index is -0.113. The third-order valence-electron chi connectivity index (χ3n) is 4.41. The molecule has 1 aliphatic rings. The van der Waals surface area contributed by atoms with E-state index in [0.717, 1.165) is 12.1 Å². The van der Waals surface area contributed by atoms with Crippen LogP contribution in [0.5, 0.6) is 0 Å². The molecule has 0 aliphatic heterocycles. The van der Waals surface area contributed by atoms with Gasteiger partial charge in [-0.25, -0.2) is 0 Å². The Kier molecular flexibility index (Phi) is 4.22. The van der Waals surface area contributed by atoms with E-state index >= 15 is 0 Å². The molecule has 0 spiro atoms. The fraction of sp³-hybridized carbons (Fsp3) is 0.471. The molecule has 0 radical (unpaired) electrons. The molecule has 5 nitrogen and oxygen atoms in total. The fourth-order valence-electron chi connectivity index (χ4n) is 3.03. The quantitative estimate of drug-likeness (QED) is 0.948. The Morgan fingerprint density at radius 1 is 1.18 bits per heavy atom. The molecular formula is C17H22N4O. The fourth-order valence-corrected chi connectivity index (χ4v) is 3.03. The summed E-state index contributed by atoms with van der Waals surface area (Å²) < 4.78 is 0. The standard InChI is InChI=1S/C17H22N4O/c1-12-8-6-7-11-15(12)18-17(22)16-13(2)19-21(20-16)14-9-4-3-5-10-14/h3-5,9-10,12,15H,6-8,11H2,1-2H3,(H,18,22). The first-order chi connectivity index (χ1) is 10.6. The van der Waals surface area contributed by atoms with Crippen molar-refractivity contribution in [3.63, 3.8) is 0 Å². The lowest BCUT2D eigenvalue weighted by molar-refractivity contribution is 0.0904. The van der Waals surface area contributed by atoms with Gasteiger partial charge in [0.15, 0.2) is 5.69 Å². The number of benzene rings is 1. The number of hydrogen-bond donors (Lipinski definition) is 1. The number of carbonyl (C=O) groups excluding carboxylic acids is 1.